The summed E-state index contributed by atoms with van der Waals surface area (Å²) in [5.41, 5.74) is -3.25. The van der Waals surface area contributed by atoms with E-state index in [1.165, 1.54) is 14.2 Å². The highest BCUT2D eigenvalue weighted by atomic mass is 16.7. The number of rotatable bonds is 3. The van der Waals surface area contributed by atoms with E-state index in [9.17, 15) is 10.2 Å². The molecule has 2 N–H and O–H groups in total. The molecule has 1 aliphatic heterocycles. The molecule has 0 aromatic carbocycles. The number of hydrogen-bond acceptors (Lipinski definition) is 5. The van der Waals surface area contributed by atoms with Crippen LogP contribution in [0.1, 0.15) is 13.8 Å². The van der Waals surface area contributed by atoms with Crippen LogP contribution in [-0.4, -0.2) is 54.6 Å². The van der Waals surface area contributed by atoms with Crippen LogP contribution in [0.5, 0.6) is 0 Å². The van der Waals surface area contributed by atoms with Crippen molar-refractivity contribution >= 4 is 0 Å². The van der Waals surface area contributed by atoms with Crippen molar-refractivity contribution in [3.05, 3.63) is 0 Å². The van der Waals surface area contributed by atoms with Crippen LogP contribution in [0.15, 0.2) is 0 Å². The van der Waals surface area contributed by atoms with E-state index in [0.29, 0.717) is 0 Å². The Morgan fingerprint density at radius 2 is 1.80 bits per heavy atom. The third-order valence-corrected chi connectivity index (χ3v) is 4.05. The minimum Gasteiger partial charge on any atom is -0.383 e. The highest BCUT2D eigenvalue weighted by Gasteiger charge is 2.92. The van der Waals surface area contributed by atoms with E-state index in [1.807, 2.05) is 0 Å². The van der Waals surface area contributed by atoms with Gasteiger partial charge in [0, 0.05) is 19.6 Å². The Hall–Kier alpha value is -0.200. The Labute approximate surface area is 88.9 Å². The lowest BCUT2D eigenvalue weighted by Gasteiger charge is -2.25. The molecule has 0 amide bonds. The van der Waals surface area contributed by atoms with Gasteiger partial charge in [-0.15, -0.1) is 0 Å². The molecule has 0 bridgehead atoms. The van der Waals surface area contributed by atoms with Gasteiger partial charge in [-0.1, -0.05) is 13.8 Å². The van der Waals surface area contributed by atoms with Crippen LogP contribution in [0.4, 0.5) is 0 Å². The Morgan fingerprint density at radius 3 is 2.20 bits per heavy atom. The summed E-state index contributed by atoms with van der Waals surface area (Å²) in [7, 11) is 2.98. The lowest BCUT2D eigenvalue weighted by molar-refractivity contribution is -0.201. The first-order valence-electron chi connectivity index (χ1n) is 5.00. The summed E-state index contributed by atoms with van der Waals surface area (Å²) in [6, 6.07) is 0. The van der Waals surface area contributed by atoms with Crippen LogP contribution in [0.3, 0.4) is 0 Å². The number of hydrogen-bond donors (Lipinski definition) is 2. The van der Waals surface area contributed by atoms with Gasteiger partial charge < -0.3 is 24.4 Å². The number of methoxy groups -OCH3 is 2. The molecule has 0 aromatic rings. The lowest BCUT2D eigenvalue weighted by atomic mass is 10.0. The van der Waals surface area contributed by atoms with Gasteiger partial charge >= 0.3 is 0 Å². The fraction of sp³-hybridized carbons (Fsp3) is 1.00. The molecule has 1 saturated heterocycles. The van der Waals surface area contributed by atoms with E-state index in [4.69, 9.17) is 14.2 Å². The van der Waals surface area contributed by atoms with E-state index in [2.05, 4.69) is 0 Å². The van der Waals surface area contributed by atoms with Crippen molar-refractivity contribution in [3.8, 4) is 0 Å². The van der Waals surface area contributed by atoms with Gasteiger partial charge in [-0.05, 0) is 0 Å². The van der Waals surface area contributed by atoms with Crippen LogP contribution in [0.25, 0.3) is 0 Å². The van der Waals surface area contributed by atoms with Gasteiger partial charge in [0.15, 0.2) is 11.9 Å². The van der Waals surface area contributed by atoms with Crippen LogP contribution >= 0.6 is 0 Å². The molecule has 15 heavy (non-hydrogen) atoms. The Morgan fingerprint density at radius 1 is 1.20 bits per heavy atom. The minimum atomic E-state index is -1.34. The maximum absolute atomic E-state index is 10.4. The van der Waals surface area contributed by atoms with Crippen molar-refractivity contribution in [1.82, 2.24) is 0 Å². The van der Waals surface area contributed by atoms with E-state index >= 15 is 0 Å². The largest absolute Gasteiger partial charge is 0.383 e. The van der Waals surface area contributed by atoms with Crippen molar-refractivity contribution in [2.45, 2.75) is 37.4 Å². The molecule has 5 heteroatoms. The molecule has 2 rings (SSSR count). The fourth-order valence-corrected chi connectivity index (χ4v) is 2.90. The number of aliphatic hydroxyl groups is 2. The van der Waals surface area contributed by atoms with Crippen molar-refractivity contribution < 1.29 is 24.4 Å². The minimum absolute atomic E-state index is 0.238. The normalized spacial score (nSPS) is 51.6. The quantitative estimate of drug-likeness (QED) is 0.669. The third kappa shape index (κ3) is 0.916. The van der Waals surface area contributed by atoms with Gasteiger partial charge in [0.05, 0.1) is 6.61 Å². The van der Waals surface area contributed by atoms with Crippen LogP contribution in [0.2, 0.25) is 0 Å². The Bertz CT molecular complexity index is 279. The van der Waals surface area contributed by atoms with Crippen molar-refractivity contribution in [2.24, 2.45) is 5.41 Å². The van der Waals surface area contributed by atoms with E-state index in [0.717, 1.165) is 0 Å². The second kappa shape index (κ2) is 2.93. The maximum Gasteiger partial charge on any atom is 0.190 e. The summed E-state index contributed by atoms with van der Waals surface area (Å²) in [5.74, 6) is 0. The van der Waals surface area contributed by atoms with Crippen LogP contribution in [0, 0.1) is 5.41 Å². The third-order valence-electron chi connectivity index (χ3n) is 4.05. The van der Waals surface area contributed by atoms with Gasteiger partial charge in [0.2, 0.25) is 0 Å². The molecule has 0 aromatic heterocycles. The lowest BCUT2D eigenvalue weighted by Crippen LogP contribution is -2.37. The molecular weight excluding hydrogens is 200 g/mol. The van der Waals surface area contributed by atoms with Crippen LogP contribution < -0.4 is 0 Å². The molecule has 2 aliphatic rings. The molecule has 5 nitrogen and oxygen atoms in total. The van der Waals surface area contributed by atoms with Crippen LogP contribution in [-0.2, 0) is 14.2 Å². The summed E-state index contributed by atoms with van der Waals surface area (Å²) in [6.45, 7) is 3.83. The molecule has 1 unspecified atom stereocenters. The van der Waals surface area contributed by atoms with Crippen molar-refractivity contribution in [2.75, 3.05) is 20.8 Å². The number of ether oxygens (including phenoxy) is 3. The zero-order valence-electron chi connectivity index (χ0n) is 9.48. The van der Waals surface area contributed by atoms with Gasteiger partial charge in [-0.3, -0.25) is 0 Å². The Kier molecular flexibility index (Phi) is 2.20. The fourth-order valence-electron chi connectivity index (χ4n) is 2.90. The molecule has 1 saturated carbocycles. The van der Waals surface area contributed by atoms with E-state index in [-0.39, 0.29) is 6.61 Å². The van der Waals surface area contributed by atoms with E-state index in [1.54, 1.807) is 13.8 Å². The van der Waals surface area contributed by atoms with Crippen molar-refractivity contribution in [3.63, 3.8) is 0 Å². The molecule has 0 radical (unpaired) electrons. The SMILES string of the molecule is COC[C@@H]1OC(OC)[C@@]2(O)C(C)(C)[C@@]12O. The second-order valence-electron chi connectivity index (χ2n) is 4.81. The average Bonchev–Trinajstić information content (AvgIpc) is 2.44. The molecule has 4 atom stereocenters. The van der Waals surface area contributed by atoms with Gasteiger partial charge in [0.25, 0.3) is 0 Å². The highest BCUT2D eigenvalue weighted by molar-refractivity contribution is 5.39. The Balaban J connectivity index is 2.30. The maximum atomic E-state index is 10.4. The second-order valence-corrected chi connectivity index (χ2v) is 4.81. The summed E-state index contributed by atoms with van der Waals surface area (Å²) < 4.78 is 15.4. The molecule has 1 heterocycles. The monoisotopic (exact) mass is 218 g/mol. The summed E-state index contributed by atoms with van der Waals surface area (Å²) >= 11 is 0. The predicted octanol–water partition coefficient (Wildman–Crippen LogP) is -0.494. The van der Waals surface area contributed by atoms with Crippen molar-refractivity contribution in [1.29, 1.82) is 0 Å². The number of fused-ring (bicyclic) bond motifs is 1. The molecule has 0 spiro atoms. The molecular formula is C10H18O5. The zero-order valence-corrected chi connectivity index (χ0v) is 9.48. The topological polar surface area (TPSA) is 68.2 Å². The first kappa shape index (κ1) is 11.3. The van der Waals surface area contributed by atoms with Gasteiger partial charge in [0.1, 0.15) is 11.7 Å². The van der Waals surface area contributed by atoms with Gasteiger partial charge in [-0.25, -0.2) is 0 Å². The summed E-state index contributed by atoms with van der Waals surface area (Å²) in [6.07, 6.45) is -1.34. The first-order valence-corrected chi connectivity index (χ1v) is 5.00. The summed E-state index contributed by atoms with van der Waals surface area (Å²) in [4.78, 5) is 0. The smallest absolute Gasteiger partial charge is 0.190 e. The molecule has 1 aliphatic carbocycles. The molecule has 2 fully saturated rings. The first-order chi connectivity index (χ1) is 6.87. The summed E-state index contributed by atoms with van der Waals surface area (Å²) in [5, 5.41) is 20.8. The van der Waals surface area contributed by atoms with E-state index < -0.39 is 29.0 Å². The highest BCUT2D eigenvalue weighted by Crippen LogP contribution is 2.72. The zero-order chi connectivity index (χ0) is 11.5. The average molecular weight is 218 g/mol. The molecule has 88 valence electrons. The standard InChI is InChI=1S/C10H18O5/c1-8(2)9(11)6(5-13-3)15-7(14-4)10(8,9)12/h6-7,11-12H,5H2,1-4H3/t6-,7?,9-,10+/m0/s1. The predicted molar refractivity (Wildman–Crippen MR) is 51.2 cm³/mol. The van der Waals surface area contributed by atoms with Gasteiger partial charge in [-0.2, -0.15) is 0 Å².